The molecule has 1 aliphatic rings. The van der Waals surface area contributed by atoms with Gasteiger partial charge < -0.3 is 16.2 Å². The smallest absolute Gasteiger partial charge is 0.241 e. The Hall–Kier alpha value is -1.39. The van der Waals surface area contributed by atoms with Gasteiger partial charge in [-0.25, -0.2) is 0 Å². The Labute approximate surface area is 126 Å². The van der Waals surface area contributed by atoms with Crippen LogP contribution in [0.3, 0.4) is 0 Å². The Balaban J connectivity index is 1.92. The van der Waals surface area contributed by atoms with Crippen LogP contribution in [0, 0.1) is 12.3 Å². The third-order valence-corrected chi connectivity index (χ3v) is 4.61. The Morgan fingerprint density at radius 1 is 1.29 bits per heavy atom. The third kappa shape index (κ3) is 4.05. The van der Waals surface area contributed by atoms with Crippen molar-refractivity contribution in [2.24, 2.45) is 11.1 Å². The molecule has 116 valence electrons. The van der Waals surface area contributed by atoms with Crippen LogP contribution in [-0.4, -0.2) is 24.2 Å². The number of aryl methyl sites for hydroxylation is 1. The summed E-state index contributed by atoms with van der Waals surface area (Å²) in [5, 5.41) is 12.6. The maximum absolute atomic E-state index is 12.2. The highest BCUT2D eigenvalue weighted by Crippen LogP contribution is 2.35. The molecule has 2 rings (SSSR count). The number of rotatable bonds is 5. The molecule has 1 atom stereocenters. The molecule has 1 aromatic rings. The van der Waals surface area contributed by atoms with E-state index >= 15 is 0 Å². The number of amides is 1. The molecule has 0 aromatic heterocycles. The van der Waals surface area contributed by atoms with Crippen molar-refractivity contribution < 1.29 is 9.90 Å². The van der Waals surface area contributed by atoms with Crippen LogP contribution >= 0.6 is 0 Å². The zero-order chi connectivity index (χ0) is 15.3. The fourth-order valence-electron chi connectivity index (χ4n) is 3.00. The lowest BCUT2D eigenvalue weighted by atomic mass is 9.74. The number of benzene rings is 1. The molecule has 21 heavy (non-hydrogen) atoms. The van der Waals surface area contributed by atoms with Crippen LogP contribution < -0.4 is 11.1 Å². The summed E-state index contributed by atoms with van der Waals surface area (Å²) in [6, 6.07) is 7.05. The largest absolute Gasteiger partial charge is 0.396 e. The molecule has 1 unspecified atom stereocenters. The Bertz CT molecular complexity index is 464. The molecule has 1 fully saturated rings. The molecule has 0 bridgehead atoms. The number of hydrogen-bond acceptors (Lipinski definition) is 3. The van der Waals surface area contributed by atoms with E-state index in [0.717, 1.165) is 36.8 Å². The number of hydrogen-bond donors (Lipinski definition) is 3. The topological polar surface area (TPSA) is 75.4 Å². The molecule has 1 amide bonds. The van der Waals surface area contributed by atoms with E-state index in [1.165, 1.54) is 6.42 Å². The monoisotopic (exact) mass is 290 g/mol. The van der Waals surface area contributed by atoms with Crippen molar-refractivity contribution in [3.63, 3.8) is 0 Å². The fourth-order valence-corrected chi connectivity index (χ4v) is 3.00. The first-order valence-electron chi connectivity index (χ1n) is 7.77. The van der Waals surface area contributed by atoms with Gasteiger partial charge in [0.1, 0.15) is 6.04 Å². The Morgan fingerprint density at radius 2 is 1.90 bits per heavy atom. The summed E-state index contributed by atoms with van der Waals surface area (Å²) in [4.78, 5) is 12.2. The van der Waals surface area contributed by atoms with Crippen LogP contribution in [0.15, 0.2) is 24.3 Å². The molecule has 4 N–H and O–H groups in total. The second-order valence-corrected chi connectivity index (χ2v) is 6.32. The predicted octanol–water partition coefficient (Wildman–Crippen LogP) is 2.05. The highest BCUT2D eigenvalue weighted by atomic mass is 16.3. The molecule has 0 heterocycles. The van der Waals surface area contributed by atoms with Gasteiger partial charge in [0.05, 0.1) is 6.61 Å². The SMILES string of the molecule is Cc1ccc(C(N)C(=O)NCC2(CO)CCCCC2)cc1. The summed E-state index contributed by atoms with van der Waals surface area (Å²) in [6.07, 6.45) is 5.42. The van der Waals surface area contributed by atoms with Gasteiger partial charge in [-0.15, -0.1) is 0 Å². The van der Waals surface area contributed by atoms with E-state index in [1.807, 2.05) is 31.2 Å². The Morgan fingerprint density at radius 3 is 2.48 bits per heavy atom. The lowest BCUT2D eigenvalue weighted by Crippen LogP contribution is -2.44. The molecule has 4 heteroatoms. The van der Waals surface area contributed by atoms with E-state index in [2.05, 4.69) is 5.32 Å². The normalized spacial score (nSPS) is 19.0. The third-order valence-electron chi connectivity index (χ3n) is 4.61. The van der Waals surface area contributed by atoms with Crippen molar-refractivity contribution in [1.82, 2.24) is 5.32 Å². The van der Waals surface area contributed by atoms with E-state index in [4.69, 9.17) is 5.73 Å². The maximum atomic E-state index is 12.2. The Kier molecular flexibility index (Phi) is 5.37. The van der Waals surface area contributed by atoms with E-state index in [-0.39, 0.29) is 17.9 Å². The quantitative estimate of drug-likeness (QED) is 0.777. The van der Waals surface area contributed by atoms with Crippen molar-refractivity contribution in [3.8, 4) is 0 Å². The van der Waals surface area contributed by atoms with Crippen LogP contribution in [-0.2, 0) is 4.79 Å². The molecule has 0 spiro atoms. The minimum atomic E-state index is -0.648. The maximum Gasteiger partial charge on any atom is 0.241 e. The van der Waals surface area contributed by atoms with Crippen LogP contribution in [0.4, 0.5) is 0 Å². The number of nitrogens with two attached hydrogens (primary N) is 1. The van der Waals surface area contributed by atoms with Crippen LogP contribution in [0.5, 0.6) is 0 Å². The zero-order valence-electron chi connectivity index (χ0n) is 12.8. The number of aliphatic hydroxyl groups is 1. The number of aliphatic hydroxyl groups excluding tert-OH is 1. The predicted molar refractivity (Wildman–Crippen MR) is 83.7 cm³/mol. The van der Waals surface area contributed by atoms with Crippen LogP contribution in [0.2, 0.25) is 0 Å². The summed E-state index contributed by atoms with van der Waals surface area (Å²) >= 11 is 0. The molecule has 0 radical (unpaired) electrons. The van der Waals surface area contributed by atoms with Gasteiger partial charge in [0.25, 0.3) is 0 Å². The van der Waals surface area contributed by atoms with Gasteiger partial charge in [-0.05, 0) is 25.3 Å². The van der Waals surface area contributed by atoms with Gasteiger partial charge in [-0.3, -0.25) is 4.79 Å². The summed E-state index contributed by atoms with van der Waals surface area (Å²) in [5.41, 5.74) is 7.83. The first-order valence-corrected chi connectivity index (χ1v) is 7.77. The van der Waals surface area contributed by atoms with Crippen molar-refractivity contribution >= 4 is 5.91 Å². The van der Waals surface area contributed by atoms with E-state index in [0.29, 0.717) is 6.54 Å². The molecular weight excluding hydrogens is 264 g/mol. The highest BCUT2D eigenvalue weighted by molar-refractivity contribution is 5.82. The summed E-state index contributed by atoms with van der Waals surface area (Å²) < 4.78 is 0. The van der Waals surface area contributed by atoms with E-state index in [1.54, 1.807) is 0 Å². The van der Waals surface area contributed by atoms with Gasteiger partial charge in [-0.1, -0.05) is 49.1 Å². The van der Waals surface area contributed by atoms with Crippen LogP contribution in [0.25, 0.3) is 0 Å². The second kappa shape index (κ2) is 7.05. The lowest BCUT2D eigenvalue weighted by Gasteiger charge is -2.36. The highest BCUT2D eigenvalue weighted by Gasteiger charge is 2.32. The van der Waals surface area contributed by atoms with E-state index in [9.17, 15) is 9.90 Å². The van der Waals surface area contributed by atoms with Crippen molar-refractivity contribution in [3.05, 3.63) is 35.4 Å². The number of carbonyl (C=O) groups is 1. The van der Waals surface area contributed by atoms with Gasteiger partial charge >= 0.3 is 0 Å². The molecule has 4 nitrogen and oxygen atoms in total. The van der Waals surface area contributed by atoms with Gasteiger partial charge in [-0.2, -0.15) is 0 Å². The summed E-state index contributed by atoms with van der Waals surface area (Å²) in [6.45, 7) is 2.65. The van der Waals surface area contributed by atoms with Crippen molar-refractivity contribution in [1.29, 1.82) is 0 Å². The summed E-state index contributed by atoms with van der Waals surface area (Å²) in [7, 11) is 0. The average molecular weight is 290 g/mol. The number of nitrogens with one attached hydrogen (secondary N) is 1. The van der Waals surface area contributed by atoms with Crippen molar-refractivity contribution in [2.75, 3.05) is 13.2 Å². The average Bonchev–Trinajstić information content (AvgIpc) is 2.53. The van der Waals surface area contributed by atoms with Gasteiger partial charge in [0.2, 0.25) is 5.91 Å². The molecule has 1 aromatic carbocycles. The van der Waals surface area contributed by atoms with Crippen molar-refractivity contribution in [2.45, 2.75) is 45.1 Å². The molecule has 0 saturated heterocycles. The zero-order valence-corrected chi connectivity index (χ0v) is 12.8. The molecular formula is C17H26N2O2. The first-order chi connectivity index (χ1) is 10.1. The number of carbonyl (C=O) groups excluding carboxylic acids is 1. The van der Waals surface area contributed by atoms with E-state index < -0.39 is 6.04 Å². The van der Waals surface area contributed by atoms with Gasteiger partial charge in [0.15, 0.2) is 0 Å². The lowest BCUT2D eigenvalue weighted by molar-refractivity contribution is -0.123. The minimum absolute atomic E-state index is 0.132. The molecule has 1 aliphatic carbocycles. The standard InChI is InChI=1S/C17H26N2O2/c1-13-5-7-14(8-6-13)15(18)16(21)19-11-17(12-20)9-3-2-4-10-17/h5-8,15,20H,2-4,9-12,18H2,1H3,(H,19,21). The van der Waals surface area contributed by atoms with Crippen LogP contribution in [0.1, 0.15) is 49.3 Å². The summed E-state index contributed by atoms with van der Waals surface area (Å²) in [5.74, 6) is -0.169. The minimum Gasteiger partial charge on any atom is -0.396 e. The first kappa shape index (κ1) is 16.0. The molecule has 0 aliphatic heterocycles. The molecule has 1 saturated carbocycles. The van der Waals surface area contributed by atoms with Gasteiger partial charge in [0, 0.05) is 12.0 Å². The fraction of sp³-hybridized carbons (Fsp3) is 0.588. The second-order valence-electron chi connectivity index (χ2n) is 6.32.